The van der Waals surface area contributed by atoms with Gasteiger partial charge in [-0.2, -0.15) is 5.10 Å². The second kappa shape index (κ2) is 3.87. The molecule has 0 aliphatic carbocycles. The zero-order valence-electron chi connectivity index (χ0n) is 8.14. The summed E-state index contributed by atoms with van der Waals surface area (Å²) in [4.78, 5) is 10.6. The van der Waals surface area contributed by atoms with Gasteiger partial charge < -0.3 is 0 Å². The van der Waals surface area contributed by atoms with Crippen molar-refractivity contribution in [2.45, 2.75) is 6.92 Å². The van der Waals surface area contributed by atoms with Crippen molar-refractivity contribution in [3.63, 3.8) is 0 Å². The van der Waals surface area contributed by atoms with Crippen molar-refractivity contribution in [1.82, 2.24) is 9.78 Å². The van der Waals surface area contributed by atoms with E-state index in [1.807, 2.05) is 25.1 Å². The first kappa shape index (κ1) is 9.93. The monoisotopic (exact) mass is 220 g/mol. The van der Waals surface area contributed by atoms with Crippen LogP contribution in [0.25, 0.3) is 5.69 Å². The number of benzene rings is 1. The molecule has 0 fully saturated rings. The number of rotatable bonds is 2. The number of halogens is 1. The molecule has 1 heterocycles. The van der Waals surface area contributed by atoms with Gasteiger partial charge in [-0.05, 0) is 25.1 Å². The lowest BCUT2D eigenvalue weighted by Gasteiger charge is -2.05. The Kier molecular flexibility index (Phi) is 2.56. The first-order chi connectivity index (χ1) is 7.22. The first-order valence-electron chi connectivity index (χ1n) is 4.49. The maximum Gasteiger partial charge on any atom is 0.170 e. The van der Waals surface area contributed by atoms with Gasteiger partial charge in [0.05, 0.1) is 10.7 Å². The molecule has 0 amide bonds. The fraction of sp³-hybridized carbons (Fsp3) is 0.0909. The van der Waals surface area contributed by atoms with Gasteiger partial charge in [0.25, 0.3) is 0 Å². The Labute approximate surface area is 92.3 Å². The zero-order chi connectivity index (χ0) is 10.8. The Morgan fingerprint density at radius 3 is 2.73 bits per heavy atom. The molecular formula is C11H9ClN2O. The summed E-state index contributed by atoms with van der Waals surface area (Å²) >= 11 is 6.03. The molecule has 76 valence electrons. The van der Waals surface area contributed by atoms with Gasteiger partial charge in [0, 0.05) is 5.69 Å². The largest absolute Gasteiger partial charge is 0.296 e. The summed E-state index contributed by atoms with van der Waals surface area (Å²) in [7, 11) is 0. The minimum absolute atomic E-state index is 0.410. The molecule has 0 unspecified atom stereocenters. The maximum atomic E-state index is 10.6. The van der Waals surface area contributed by atoms with Crippen molar-refractivity contribution in [2.24, 2.45) is 0 Å². The Morgan fingerprint density at radius 1 is 1.40 bits per heavy atom. The van der Waals surface area contributed by atoms with Gasteiger partial charge in [0.1, 0.15) is 5.69 Å². The molecule has 0 aliphatic rings. The van der Waals surface area contributed by atoms with Gasteiger partial charge in [-0.3, -0.25) is 4.79 Å². The van der Waals surface area contributed by atoms with Crippen LogP contribution in [0.5, 0.6) is 0 Å². The van der Waals surface area contributed by atoms with E-state index in [0.717, 1.165) is 17.7 Å². The van der Waals surface area contributed by atoms with Crippen LogP contribution in [0.1, 0.15) is 16.2 Å². The van der Waals surface area contributed by atoms with Crippen molar-refractivity contribution in [3.05, 3.63) is 46.7 Å². The normalized spacial score (nSPS) is 10.3. The average molecular weight is 221 g/mol. The van der Waals surface area contributed by atoms with Crippen LogP contribution >= 0.6 is 11.6 Å². The van der Waals surface area contributed by atoms with E-state index in [4.69, 9.17) is 11.6 Å². The molecule has 0 N–H and O–H groups in total. The van der Waals surface area contributed by atoms with E-state index in [0.29, 0.717) is 10.7 Å². The quantitative estimate of drug-likeness (QED) is 0.730. The highest BCUT2D eigenvalue weighted by Gasteiger charge is 2.07. The lowest BCUT2D eigenvalue weighted by atomic mass is 10.3. The maximum absolute atomic E-state index is 10.6. The van der Waals surface area contributed by atoms with Crippen molar-refractivity contribution in [1.29, 1.82) is 0 Å². The summed E-state index contributed by atoms with van der Waals surface area (Å²) in [6.07, 6.45) is 0.723. The van der Waals surface area contributed by atoms with Gasteiger partial charge in [-0.1, -0.05) is 23.7 Å². The Hall–Kier alpha value is -1.61. The minimum atomic E-state index is 0.410. The summed E-state index contributed by atoms with van der Waals surface area (Å²) in [6, 6.07) is 9.10. The van der Waals surface area contributed by atoms with Crippen molar-refractivity contribution in [2.75, 3.05) is 0 Å². The Balaban J connectivity index is 2.58. The molecular weight excluding hydrogens is 212 g/mol. The molecule has 0 saturated heterocycles. The van der Waals surface area contributed by atoms with E-state index in [-0.39, 0.29) is 0 Å². The fourth-order valence-electron chi connectivity index (χ4n) is 1.42. The third kappa shape index (κ3) is 1.78. The molecule has 2 rings (SSSR count). The molecule has 1 aromatic carbocycles. The van der Waals surface area contributed by atoms with E-state index in [1.165, 1.54) is 0 Å². The molecule has 0 atom stereocenters. The minimum Gasteiger partial charge on any atom is -0.296 e. The highest BCUT2D eigenvalue weighted by Crippen LogP contribution is 2.20. The van der Waals surface area contributed by atoms with Crippen molar-refractivity contribution in [3.8, 4) is 5.69 Å². The fourth-order valence-corrected chi connectivity index (χ4v) is 1.64. The summed E-state index contributed by atoms with van der Waals surface area (Å²) in [5.41, 5.74) is 2.07. The predicted octanol–water partition coefficient (Wildman–Crippen LogP) is 2.65. The van der Waals surface area contributed by atoms with E-state index >= 15 is 0 Å². The SMILES string of the molecule is Cc1cc(C=O)nn1-c1ccccc1Cl. The molecule has 4 heteroatoms. The van der Waals surface area contributed by atoms with E-state index in [9.17, 15) is 4.79 Å². The van der Waals surface area contributed by atoms with Crippen LogP contribution in [0.15, 0.2) is 30.3 Å². The number of hydrogen-bond acceptors (Lipinski definition) is 2. The number of aryl methyl sites for hydroxylation is 1. The molecule has 0 saturated carbocycles. The topological polar surface area (TPSA) is 34.9 Å². The summed E-state index contributed by atoms with van der Waals surface area (Å²) in [5.74, 6) is 0. The Morgan fingerprint density at radius 2 is 2.13 bits per heavy atom. The lowest BCUT2D eigenvalue weighted by Crippen LogP contribution is -1.99. The molecule has 2 aromatic rings. The van der Waals surface area contributed by atoms with Crippen LogP contribution in [-0.4, -0.2) is 16.1 Å². The van der Waals surface area contributed by atoms with Gasteiger partial charge in [0.15, 0.2) is 6.29 Å². The molecule has 0 radical (unpaired) electrons. The zero-order valence-corrected chi connectivity index (χ0v) is 8.90. The first-order valence-corrected chi connectivity index (χ1v) is 4.87. The van der Waals surface area contributed by atoms with Crippen molar-refractivity contribution < 1.29 is 4.79 Å². The lowest BCUT2D eigenvalue weighted by molar-refractivity contribution is 0.111. The summed E-state index contributed by atoms with van der Waals surface area (Å²) < 4.78 is 1.66. The van der Waals surface area contributed by atoms with Crippen LogP contribution in [-0.2, 0) is 0 Å². The second-order valence-corrected chi connectivity index (χ2v) is 3.60. The van der Waals surface area contributed by atoms with E-state index in [1.54, 1.807) is 16.8 Å². The molecule has 1 aromatic heterocycles. The van der Waals surface area contributed by atoms with Gasteiger partial charge in [-0.25, -0.2) is 4.68 Å². The molecule has 3 nitrogen and oxygen atoms in total. The van der Waals surface area contributed by atoms with Crippen LogP contribution in [0.2, 0.25) is 5.02 Å². The number of aldehydes is 1. The van der Waals surface area contributed by atoms with Gasteiger partial charge in [0.2, 0.25) is 0 Å². The number of carbonyl (C=O) groups excluding carboxylic acids is 1. The molecule has 0 spiro atoms. The predicted molar refractivity (Wildman–Crippen MR) is 58.7 cm³/mol. The Bertz CT molecular complexity index is 505. The number of hydrogen-bond donors (Lipinski definition) is 0. The molecule has 0 bridgehead atoms. The van der Waals surface area contributed by atoms with Crippen LogP contribution in [0.3, 0.4) is 0 Å². The highest BCUT2D eigenvalue weighted by atomic mass is 35.5. The smallest absolute Gasteiger partial charge is 0.170 e. The third-order valence-corrected chi connectivity index (χ3v) is 2.43. The van der Waals surface area contributed by atoms with Crippen LogP contribution < -0.4 is 0 Å². The van der Waals surface area contributed by atoms with Crippen LogP contribution in [0.4, 0.5) is 0 Å². The number of nitrogens with zero attached hydrogens (tertiary/aromatic N) is 2. The second-order valence-electron chi connectivity index (χ2n) is 3.19. The summed E-state index contributed by atoms with van der Waals surface area (Å²) in [6.45, 7) is 1.88. The van der Waals surface area contributed by atoms with E-state index in [2.05, 4.69) is 5.10 Å². The highest BCUT2D eigenvalue weighted by molar-refractivity contribution is 6.32. The average Bonchev–Trinajstić information content (AvgIpc) is 2.60. The van der Waals surface area contributed by atoms with E-state index < -0.39 is 0 Å². The number of carbonyl (C=O) groups is 1. The standard InChI is InChI=1S/C11H9ClN2O/c1-8-6-9(7-15)13-14(8)11-5-3-2-4-10(11)12/h2-7H,1H3. The molecule has 0 aliphatic heterocycles. The van der Waals surface area contributed by atoms with Gasteiger partial charge in [-0.15, -0.1) is 0 Å². The number of para-hydroxylation sites is 1. The molecule has 15 heavy (non-hydrogen) atoms. The summed E-state index contributed by atoms with van der Waals surface area (Å²) in [5, 5.41) is 4.74. The van der Waals surface area contributed by atoms with Crippen LogP contribution in [0, 0.1) is 6.92 Å². The van der Waals surface area contributed by atoms with Crippen molar-refractivity contribution >= 4 is 17.9 Å². The number of aromatic nitrogens is 2. The van der Waals surface area contributed by atoms with Gasteiger partial charge >= 0.3 is 0 Å². The third-order valence-electron chi connectivity index (χ3n) is 2.11.